The van der Waals surface area contributed by atoms with E-state index < -0.39 is 5.89 Å². The quantitative estimate of drug-likeness (QED) is 0.683. The molecule has 0 aliphatic heterocycles. The van der Waals surface area contributed by atoms with Crippen molar-refractivity contribution in [2.75, 3.05) is 0 Å². The fourth-order valence-electron chi connectivity index (χ4n) is 3.18. The first kappa shape index (κ1) is 13.1. The van der Waals surface area contributed by atoms with Gasteiger partial charge in [-0.15, -0.1) is 0 Å². The van der Waals surface area contributed by atoms with E-state index in [1.54, 1.807) is 0 Å². The van der Waals surface area contributed by atoms with E-state index in [9.17, 15) is 0 Å². The minimum atomic E-state index is -0.449. The van der Waals surface area contributed by atoms with Crippen LogP contribution in [0.2, 0.25) is 0 Å². The van der Waals surface area contributed by atoms with Crippen LogP contribution in [-0.4, -0.2) is 4.98 Å². The lowest BCUT2D eigenvalue weighted by Gasteiger charge is -2.34. The first-order valence-electron chi connectivity index (χ1n) is 8.42. The van der Waals surface area contributed by atoms with Crippen LogP contribution in [0.25, 0.3) is 11.3 Å². The monoisotopic (exact) mass is 280 g/mol. The second kappa shape index (κ2) is 5.63. The standard InChI is InChI=1S/C20H25N/c1-15-6-4-5-7-18(15)19-14-17(10-13-21-19)16-8-11-20(2,3)12-9-16/h4-7,10,13-14,16H,8-9,11-12H2,1-3H3/i16D. The molecule has 0 N–H and O–H groups in total. The third-order valence-corrected chi connectivity index (χ3v) is 4.80. The van der Waals surface area contributed by atoms with E-state index in [4.69, 9.17) is 1.37 Å². The third-order valence-electron chi connectivity index (χ3n) is 4.80. The van der Waals surface area contributed by atoms with E-state index in [2.05, 4.69) is 56.1 Å². The zero-order valence-electron chi connectivity index (χ0n) is 14.3. The average molecular weight is 280 g/mol. The Balaban J connectivity index is 1.94. The van der Waals surface area contributed by atoms with Gasteiger partial charge in [0.05, 0.1) is 5.69 Å². The molecule has 21 heavy (non-hydrogen) atoms. The van der Waals surface area contributed by atoms with Crippen molar-refractivity contribution < 1.29 is 1.37 Å². The number of aromatic nitrogens is 1. The summed E-state index contributed by atoms with van der Waals surface area (Å²) in [7, 11) is 0. The maximum atomic E-state index is 8.92. The van der Waals surface area contributed by atoms with Crippen LogP contribution in [0.5, 0.6) is 0 Å². The maximum absolute atomic E-state index is 8.92. The predicted molar refractivity (Wildman–Crippen MR) is 89.4 cm³/mol. The minimum absolute atomic E-state index is 0.385. The average Bonchev–Trinajstić information content (AvgIpc) is 2.51. The van der Waals surface area contributed by atoms with Gasteiger partial charge < -0.3 is 0 Å². The van der Waals surface area contributed by atoms with Gasteiger partial charge in [0.1, 0.15) is 0 Å². The van der Waals surface area contributed by atoms with Gasteiger partial charge in [0.2, 0.25) is 0 Å². The van der Waals surface area contributed by atoms with Crippen molar-refractivity contribution >= 4 is 0 Å². The second-order valence-electron chi connectivity index (χ2n) is 7.01. The molecule has 1 heterocycles. The molecule has 1 aromatic carbocycles. The molecular weight excluding hydrogens is 254 g/mol. The number of hydrogen-bond acceptors (Lipinski definition) is 1. The summed E-state index contributed by atoms with van der Waals surface area (Å²) in [5.74, 6) is -0.449. The van der Waals surface area contributed by atoms with E-state index in [0.717, 1.165) is 36.9 Å². The lowest BCUT2D eigenvalue weighted by molar-refractivity contribution is 0.224. The smallest absolute Gasteiger partial charge is 0.0707 e. The van der Waals surface area contributed by atoms with Crippen LogP contribution < -0.4 is 0 Å². The number of benzene rings is 1. The number of aryl methyl sites for hydroxylation is 1. The Morgan fingerprint density at radius 1 is 1.14 bits per heavy atom. The maximum Gasteiger partial charge on any atom is 0.0707 e. The van der Waals surface area contributed by atoms with Gasteiger partial charge in [-0.25, -0.2) is 0 Å². The molecule has 1 nitrogen and oxygen atoms in total. The van der Waals surface area contributed by atoms with Crippen LogP contribution >= 0.6 is 0 Å². The topological polar surface area (TPSA) is 12.9 Å². The van der Waals surface area contributed by atoms with Crippen LogP contribution in [0.4, 0.5) is 0 Å². The van der Waals surface area contributed by atoms with Crippen LogP contribution in [0, 0.1) is 12.3 Å². The molecule has 1 saturated carbocycles. The molecule has 0 amide bonds. The highest BCUT2D eigenvalue weighted by Gasteiger charge is 2.27. The summed E-state index contributed by atoms with van der Waals surface area (Å²) in [5, 5.41) is 0. The Hall–Kier alpha value is -1.63. The summed E-state index contributed by atoms with van der Waals surface area (Å²) in [4.78, 5) is 4.54. The van der Waals surface area contributed by atoms with Gasteiger partial charge in [0.15, 0.2) is 0 Å². The Labute approximate surface area is 129 Å². The highest BCUT2D eigenvalue weighted by Crippen LogP contribution is 2.42. The molecule has 1 fully saturated rings. The lowest BCUT2D eigenvalue weighted by atomic mass is 9.71. The molecule has 0 radical (unpaired) electrons. The molecular formula is C20H25N. The molecule has 1 aliphatic rings. The van der Waals surface area contributed by atoms with Gasteiger partial charge in [-0.05, 0) is 67.2 Å². The fourth-order valence-corrected chi connectivity index (χ4v) is 3.18. The molecule has 0 saturated heterocycles. The number of hydrogen-bond donors (Lipinski definition) is 0. The highest BCUT2D eigenvalue weighted by molar-refractivity contribution is 5.63. The van der Waals surface area contributed by atoms with Crippen LogP contribution in [0.1, 0.15) is 57.9 Å². The number of nitrogens with zero attached hydrogens (tertiary/aromatic N) is 1. The molecule has 0 unspecified atom stereocenters. The predicted octanol–water partition coefficient (Wildman–Crippen LogP) is 5.74. The van der Waals surface area contributed by atoms with Crippen molar-refractivity contribution in [3.63, 3.8) is 0 Å². The fraction of sp³-hybridized carbons (Fsp3) is 0.450. The summed E-state index contributed by atoms with van der Waals surface area (Å²) >= 11 is 0. The molecule has 1 aliphatic carbocycles. The first-order valence-corrected chi connectivity index (χ1v) is 7.92. The van der Waals surface area contributed by atoms with E-state index in [1.165, 1.54) is 11.1 Å². The van der Waals surface area contributed by atoms with Crippen molar-refractivity contribution in [1.29, 1.82) is 0 Å². The van der Waals surface area contributed by atoms with E-state index in [1.807, 2.05) is 12.3 Å². The van der Waals surface area contributed by atoms with Crippen LogP contribution in [0.3, 0.4) is 0 Å². The van der Waals surface area contributed by atoms with Gasteiger partial charge >= 0.3 is 0 Å². The normalized spacial score (nSPS) is 20.8. The Bertz CT molecular complexity index is 665. The van der Waals surface area contributed by atoms with Gasteiger partial charge in [0.25, 0.3) is 0 Å². The summed E-state index contributed by atoms with van der Waals surface area (Å²) in [6.07, 6.45) is 6.00. The zero-order valence-corrected chi connectivity index (χ0v) is 13.3. The van der Waals surface area contributed by atoms with Crippen LogP contribution in [0.15, 0.2) is 42.6 Å². The number of rotatable bonds is 2. The summed E-state index contributed by atoms with van der Waals surface area (Å²) in [5.41, 5.74) is 4.90. The second-order valence-corrected chi connectivity index (χ2v) is 7.01. The first-order chi connectivity index (χ1) is 10.4. The largest absolute Gasteiger partial charge is 0.256 e. The van der Waals surface area contributed by atoms with Crippen molar-refractivity contribution in [3.05, 3.63) is 53.7 Å². The molecule has 0 bridgehead atoms. The lowest BCUT2D eigenvalue weighted by Crippen LogP contribution is -2.20. The molecule has 2 aromatic rings. The zero-order chi connectivity index (χ0) is 15.8. The Kier molecular flexibility index (Phi) is 3.50. The van der Waals surface area contributed by atoms with Gasteiger partial charge in [-0.1, -0.05) is 38.1 Å². The van der Waals surface area contributed by atoms with Crippen molar-refractivity contribution in [3.8, 4) is 11.3 Å². The van der Waals surface area contributed by atoms with Crippen molar-refractivity contribution in [2.24, 2.45) is 5.41 Å². The van der Waals surface area contributed by atoms with Crippen LogP contribution in [-0.2, 0) is 0 Å². The molecule has 3 rings (SSSR count). The minimum Gasteiger partial charge on any atom is -0.256 e. The van der Waals surface area contributed by atoms with Crippen molar-refractivity contribution in [1.82, 2.24) is 4.98 Å². The number of pyridine rings is 1. The SMILES string of the molecule is [2H]C1(c2ccnc(-c3ccccc3C)c2)CCC(C)(C)CC1. The Morgan fingerprint density at radius 2 is 1.86 bits per heavy atom. The van der Waals surface area contributed by atoms with Gasteiger partial charge in [-0.2, -0.15) is 0 Å². The summed E-state index contributed by atoms with van der Waals surface area (Å²) < 4.78 is 8.92. The van der Waals surface area contributed by atoms with Crippen molar-refractivity contribution in [2.45, 2.75) is 52.3 Å². The summed E-state index contributed by atoms with van der Waals surface area (Å²) in [6, 6.07) is 12.5. The molecule has 0 spiro atoms. The van der Waals surface area contributed by atoms with Gasteiger partial charge in [0, 0.05) is 13.1 Å². The van der Waals surface area contributed by atoms with E-state index >= 15 is 0 Å². The molecule has 1 aromatic heterocycles. The van der Waals surface area contributed by atoms with E-state index in [-0.39, 0.29) is 0 Å². The molecule has 0 atom stereocenters. The third kappa shape index (κ3) is 3.18. The van der Waals surface area contributed by atoms with E-state index in [0.29, 0.717) is 5.41 Å². The summed E-state index contributed by atoms with van der Waals surface area (Å²) in [6.45, 7) is 6.75. The Morgan fingerprint density at radius 3 is 2.57 bits per heavy atom. The van der Waals surface area contributed by atoms with Gasteiger partial charge in [-0.3, -0.25) is 4.98 Å². The molecule has 1 heteroatoms. The molecule has 110 valence electrons. The highest BCUT2D eigenvalue weighted by atomic mass is 14.7.